The van der Waals surface area contributed by atoms with E-state index >= 15 is 0 Å². The lowest BCUT2D eigenvalue weighted by molar-refractivity contribution is 0.101. The summed E-state index contributed by atoms with van der Waals surface area (Å²) in [6.45, 7) is 5.95. The summed E-state index contributed by atoms with van der Waals surface area (Å²) in [4.78, 5) is 11.4. The zero-order chi connectivity index (χ0) is 12.4. The molecule has 0 saturated heterocycles. The molecular formula is C16H18O. The molecule has 88 valence electrons. The molecule has 0 aliphatic heterocycles. The predicted octanol–water partition coefficient (Wildman–Crippen LogP) is 4.17. The number of carbonyl (C=O) groups is 1. The average Bonchev–Trinajstić information content (AvgIpc) is 2.36. The standard InChI is InChI=1S/C16H18O/c1-4-12-8-13(5-2)16-10-14(11(3)17)6-7-15(16)9-12/h6-10H,4-5H2,1-3H3. The average molecular weight is 226 g/mol. The molecule has 2 rings (SSSR count). The van der Waals surface area contributed by atoms with E-state index in [0.29, 0.717) is 0 Å². The molecule has 0 atom stereocenters. The van der Waals surface area contributed by atoms with Crippen molar-refractivity contribution in [3.8, 4) is 0 Å². The topological polar surface area (TPSA) is 17.1 Å². The number of benzene rings is 2. The van der Waals surface area contributed by atoms with Gasteiger partial charge in [-0.2, -0.15) is 0 Å². The quantitative estimate of drug-likeness (QED) is 0.718. The molecule has 2 aromatic rings. The number of hydrogen-bond acceptors (Lipinski definition) is 1. The van der Waals surface area contributed by atoms with E-state index in [2.05, 4.69) is 32.0 Å². The Bertz CT molecular complexity index is 567. The molecule has 0 spiro atoms. The van der Waals surface area contributed by atoms with Crippen molar-refractivity contribution in [1.29, 1.82) is 0 Å². The summed E-state index contributed by atoms with van der Waals surface area (Å²) in [6.07, 6.45) is 2.06. The molecule has 1 nitrogen and oxygen atoms in total. The van der Waals surface area contributed by atoms with E-state index in [0.717, 1.165) is 18.4 Å². The second-order valence-corrected chi connectivity index (χ2v) is 4.45. The van der Waals surface area contributed by atoms with Crippen LogP contribution in [0, 0.1) is 0 Å². The minimum absolute atomic E-state index is 0.133. The van der Waals surface area contributed by atoms with Crippen molar-refractivity contribution in [1.82, 2.24) is 0 Å². The number of hydrogen-bond donors (Lipinski definition) is 0. The first-order chi connectivity index (χ1) is 8.15. The van der Waals surface area contributed by atoms with E-state index in [4.69, 9.17) is 0 Å². The Balaban J connectivity index is 2.71. The highest BCUT2D eigenvalue weighted by molar-refractivity contribution is 5.99. The maximum absolute atomic E-state index is 11.4. The summed E-state index contributed by atoms with van der Waals surface area (Å²) >= 11 is 0. The number of ketones is 1. The molecule has 0 unspecified atom stereocenters. The number of carbonyl (C=O) groups excluding carboxylic acids is 1. The molecule has 1 heteroatoms. The molecule has 0 amide bonds. The predicted molar refractivity (Wildman–Crippen MR) is 72.7 cm³/mol. The van der Waals surface area contributed by atoms with E-state index in [1.54, 1.807) is 6.92 Å². The van der Waals surface area contributed by atoms with Crippen molar-refractivity contribution in [3.63, 3.8) is 0 Å². The van der Waals surface area contributed by atoms with E-state index in [9.17, 15) is 4.79 Å². The molecule has 0 bridgehead atoms. The molecular weight excluding hydrogens is 208 g/mol. The third-order valence-electron chi connectivity index (χ3n) is 3.30. The number of fused-ring (bicyclic) bond motifs is 1. The van der Waals surface area contributed by atoms with Gasteiger partial charge in [0.05, 0.1) is 0 Å². The Labute approximate surface area is 102 Å². The van der Waals surface area contributed by atoms with Crippen LogP contribution in [0.15, 0.2) is 30.3 Å². The minimum Gasteiger partial charge on any atom is -0.295 e. The molecule has 0 saturated carbocycles. The molecule has 0 fully saturated rings. The molecule has 0 heterocycles. The van der Waals surface area contributed by atoms with Crippen LogP contribution in [0.4, 0.5) is 0 Å². The van der Waals surface area contributed by atoms with Crippen LogP contribution in [0.1, 0.15) is 42.3 Å². The summed E-state index contributed by atoms with van der Waals surface area (Å²) in [5, 5.41) is 2.46. The van der Waals surface area contributed by atoms with Crippen LogP contribution in [0.25, 0.3) is 10.8 Å². The summed E-state index contributed by atoms with van der Waals surface area (Å²) in [5.74, 6) is 0.133. The first-order valence-electron chi connectivity index (χ1n) is 6.22. The van der Waals surface area contributed by atoms with Crippen LogP contribution >= 0.6 is 0 Å². The molecule has 0 N–H and O–H groups in total. The molecule has 0 aliphatic rings. The van der Waals surface area contributed by atoms with Crippen LogP contribution in [0.2, 0.25) is 0 Å². The van der Waals surface area contributed by atoms with Crippen LogP contribution in [-0.4, -0.2) is 5.78 Å². The van der Waals surface area contributed by atoms with Gasteiger partial charge < -0.3 is 0 Å². The maximum Gasteiger partial charge on any atom is 0.159 e. The Morgan fingerprint density at radius 1 is 1.06 bits per heavy atom. The number of aryl methyl sites for hydroxylation is 2. The van der Waals surface area contributed by atoms with Gasteiger partial charge >= 0.3 is 0 Å². The first kappa shape index (κ1) is 11.8. The van der Waals surface area contributed by atoms with Crippen LogP contribution < -0.4 is 0 Å². The van der Waals surface area contributed by atoms with Crippen molar-refractivity contribution >= 4 is 16.6 Å². The highest BCUT2D eigenvalue weighted by Gasteiger charge is 2.05. The summed E-state index contributed by atoms with van der Waals surface area (Å²) in [6, 6.07) is 10.5. The van der Waals surface area contributed by atoms with Gasteiger partial charge in [0.2, 0.25) is 0 Å². The second kappa shape index (κ2) is 4.70. The lowest BCUT2D eigenvalue weighted by Gasteiger charge is -2.09. The maximum atomic E-state index is 11.4. The van der Waals surface area contributed by atoms with E-state index < -0.39 is 0 Å². The van der Waals surface area contributed by atoms with Gasteiger partial charge in [0.1, 0.15) is 0 Å². The zero-order valence-electron chi connectivity index (χ0n) is 10.7. The van der Waals surface area contributed by atoms with Crippen molar-refractivity contribution in [3.05, 3.63) is 47.0 Å². The van der Waals surface area contributed by atoms with Crippen LogP contribution in [-0.2, 0) is 12.8 Å². The van der Waals surface area contributed by atoms with E-state index in [1.165, 1.54) is 21.9 Å². The lowest BCUT2D eigenvalue weighted by Crippen LogP contribution is -1.94. The fourth-order valence-electron chi connectivity index (χ4n) is 2.22. The second-order valence-electron chi connectivity index (χ2n) is 4.45. The molecule has 2 aromatic carbocycles. The van der Waals surface area contributed by atoms with Crippen molar-refractivity contribution < 1.29 is 4.79 Å². The third-order valence-corrected chi connectivity index (χ3v) is 3.30. The van der Waals surface area contributed by atoms with Gasteiger partial charge in [-0.05, 0) is 47.7 Å². The van der Waals surface area contributed by atoms with Crippen molar-refractivity contribution in [2.75, 3.05) is 0 Å². The normalized spacial score (nSPS) is 10.8. The van der Waals surface area contributed by atoms with Gasteiger partial charge in [0.25, 0.3) is 0 Å². The van der Waals surface area contributed by atoms with Gasteiger partial charge in [-0.3, -0.25) is 4.79 Å². The summed E-state index contributed by atoms with van der Waals surface area (Å²) in [5.41, 5.74) is 3.50. The highest BCUT2D eigenvalue weighted by Crippen LogP contribution is 2.23. The fourth-order valence-corrected chi connectivity index (χ4v) is 2.22. The van der Waals surface area contributed by atoms with Gasteiger partial charge in [-0.25, -0.2) is 0 Å². The molecule has 17 heavy (non-hydrogen) atoms. The lowest BCUT2D eigenvalue weighted by atomic mass is 9.96. The Kier molecular flexibility index (Phi) is 3.28. The van der Waals surface area contributed by atoms with E-state index in [-0.39, 0.29) is 5.78 Å². The highest BCUT2D eigenvalue weighted by atomic mass is 16.1. The minimum atomic E-state index is 0.133. The molecule has 0 aliphatic carbocycles. The zero-order valence-corrected chi connectivity index (χ0v) is 10.7. The summed E-state index contributed by atoms with van der Waals surface area (Å²) in [7, 11) is 0. The van der Waals surface area contributed by atoms with Crippen molar-refractivity contribution in [2.45, 2.75) is 33.6 Å². The molecule has 0 aromatic heterocycles. The Morgan fingerprint density at radius 2 is 1.82 bits per heavy atom. The SMILES string of the molecule is CCc1cc(CC)c2cc(C(C)=O)ccc2c1. The van der Waals surface area contributed by atoms with E-state index in [1.807, 2.05) is 12.1 Å². The molecule has 0 radical (unpaired) electrons. The smallest absolute Gasteiger partial charge is 0.159 e. The van der Waals surface area contributed by atoms with Gasteiger partial charge in [-0.1, -0.05) is 38.1 Å². The van der Waals surface area contributed by atoms with Gasteiger partial charge in [0.15, 0.2) is 5.78 Å². The summed E-state index contributed by atoms with van der Waals surface area (Å²) < 4.78 is 0. The fraction of sp³-hybridized carbons (Fsp3) is 0.312. The van der Waals surface area contributed by atoms with Crippen molar-refractivity contribution in [2.24, 2.45) is 0 Å². The third kappa shape index (κ3) is 2.23. The van der Waals surface area contributed by atoms with Crippen LogP contribution in [0.3, 0.4) is 0 Å². The van der Waals surface area contributed by atoms with Crippen LogP contribution in [0.5, 0.6) is 0 Å². The monoisotopic (exact) mass is 226 g/mol. The largest absolute Gasteiger partial charge is 0.295 e. The van der Waals surface area contributed by atoms with Gasteiger partial charge in [-0.15, -0.1) is 0 Å². The number of rotatable bonds is 3. The Morgan fingerprint density at radius 3 is 2.41 bits per heavy atom. The first-order valence-corrected chi connectivity index (χ1v) is 6.22. The Hall–Kier alpha value is -1.63. The number of Topliss-reactive ketones (excluding diaryl/α,β-unsaturated/α-hetero) is 1. The van der Waals surface area contributed by atoms with Gasteiger partial charge in [0, 0.05) is 5.56 Å².